The molecule has 9 N–H and O–H groups in total. The quantitative estimate of drug-likeness (QED) is 0.159. The van der Waals surface area contributed by atoms with Gasteiger partial charge >= 0.3 is 11.9 Å². The third-order valence-electron chi connectivity index (χ3n) is 5.22. The number of phenols is 2. The summed E-state index contributed by atoms with van der Waals surface area (Å²) in [5, 5.41) is 44.6. The number of phenolic OH excluding ortho intramolecular Hbond substituents is 2. The topological polar surface area (TPSA) is 228 Å². The highest BCUT2D eigenvalue weighted by Gasteiger charge is 2.30. The first kappa shape index (κ1) is 28.6. The van der Waals surface area contributed by atoms with Crippen LogP contribution in [0.2, 0.25) is 0 Å². The summed E-state index contributed by atoms with van der Waals surface area (Å²) in [6.45, 7) is -0.502. The molecule has 0 saturated heterocycles. The summed E-state index contributed by atoms with van der Waals surface area (Å²) in [6, 6.07) is 7.06. The second kappa shape index (κ2) is 13.4. The van der Waals surface area contributed by atoms with Gasteiger partial charge in [0, 0.05) is 12.8 Å². The molecule has 0 spiro atoms. The minimum absolute atomic E-state index is 0.0195. The Morgan fingerprint density at radius 3 is 1.54 bits per heavy atom. The molecule has 3 atom stereocenters. The van der Waals surface area contributed by atoms with Crippen LogP contribution in [0.3, 0.4) is 0 Å². The Bertz CT molecular complexity index is 1120. The van der Waals surface area contributed by atoms with Gasteiger partial charge in [-0.05, 0) is 35.4 Å². The summed E-state index contributed by atoms with van der Waals surface area (Å²) < 4.78 is 0. The van der Waals surface area contributed by atoms with Crippen molar-refractivity contribution in [3.8, 4) is 11.5 Å². The molecule has 0 aliphatic heterocycles. The van der Waals surface area contributed by atoms with Crippen LogP contribution in [0.4, 0.5) is 0 Å². The minimum atomic E-state index is -1.55. The zero-order chi connectivity index (χ0) is 27.5. The first-order valence-electron chi connectivity index (χ1n) is 11.1. The van der Waals surface area contributed by atoms with Crippen molar-refractivity contribution in [1.82, 2.24) is 16.0 Å². The number of hydrogen-bond donors (Lipinski definition) is 8. The number of rotatable bonds is 13. The van der Waals surface area contributed by atoms with Gasteiger partial charge in [-0.1, -0.05) is 24.3 Å². The Morgan fingerprint density at radius 1 is 0.676 bits per heavy atom. The molecule has 198 valence electrons. The monoisotopic (exact) mass is 516 g/mol. The van der Waals surface area contributed by atoms with Crippen LogP contribution in [0, 0.1) is 0 Å². The van der Waals surface area contributed by atoms with E-state index in [-0.39, 0.29) is 24.3 Å². The van der Waals surface area contributed by atoms with E-state index in [4.69, 9.17) is 10.8 Å². The van der Waals surface area contributed by atoms with Crippen LogP contribution in [0.5, 0.6) is 11.5 Å². The van der Waals surface area contributed by atoms with E-state index < -0.39 is 60.8 Å². The van der Waals surface area contributed by atoms with Crippen LogP contribution in [0.15, 0.2) is 48.5 Å². The van der Waals surface area contributed by atoms with Crippen molar-refractivity contribution in [3.05, 3.63) is 59.7 Å². The molecular weight excluding hydrogens is 488 g/mol. The first-order valence-corrected chi connectivity index (χ1v) is 11.1. The third-order valence-corrected chi connectivity index (χ3v) is 5.22. The van der Waals surface area contributed by atoms with E-state index >= 15 is 0 Å². The second-order valence-electron chi connectivity index (χ2n) is 8.12. The summed E-state index contributed by atoms with van der Waals surface area (Å²) >= 11 is 0. The molecular formula is C24H28N4O9. The molecule has 13 nitrogen and oxygen atoms in total. The van der Waals surface area contributed by atoms with E-state index in [1.54, 1.807) is 0 Å². The fourth-order valence-electron chi connectivity index (χ4n) is 3.33. The maximum atomic E-state index is 13.1. The third kappa shape index (κ3) is 9.49. The van der Waals surface area contributed by atoms with Crippen LogP contribution < -0.4 is 21.7 Å². The summed E-state index contributed by atoms with van der Waals surface area (Å²) in [5.41, 5.74) is 6.22. The number of nitrogens with two attached hydrogens (primary N) is 1. The van der Waals surface area contributed by atoms with Gasteiger partial charge in [0.2, 0.25) is 17.7 Å². The molecule has 0 aliphatic rings. The van der Waals surface area contributed by atoms with Crippen LogP contribution in [-0.4, -0.2) is 74.8 Å². The second-order valence-corrected chi connectivity index (χ2v) is 8.12. The average molecular weight is 517 g/mol. The first-order chi connectivity index (χ1) is 17.5. The molecule has 3 unspecified atom stereocenters. The Kier molecular flexibility index (Phi) is 10.4. The van der Waals surface area contributed by atoms with Gasteiger partial charge < -0.3 is 42.1 Å². The molecule has 0 bridgehead atoms. The van der Waals surface area contributed by atoms with E-state index in [9.17, 15) is 39.3 Å². The fraction of sp³-hybridized carbons (Fsp3) is 0.292. The van der Waals surface area contributed by atoms with E-state index in [2.05, 4.69) is 16.0 Å². The van der Waals surface area contributed by atoms with Gasteiger partial charge in [-0.15, -0.1) is 0 Å². The number of nitrogens with one attached hydrogen (secondary N) is 3. The number of carbonyl (C=O) groups is 5. The predicted octanol–water partition coefficient (Wildman–Crippen LogP) is -1.14. The van der Waals surface area contributed by atoms with Gasteiger partial charge in [-0.3, -0.25) is 19.2 Å². The lowest BCUT2D eigenvalue weighted by Crippen LogP contribution is -2.57. The average Bonchev–Trinajstić information content (AvgIpc) is 2.84. The number of amides is 3. The molecule has 37 heavy (non-hydrogen) atoms. The molecule has 2 aromatic rings. The number of carboxylic acids is 2. The maximum Gasteiger partial charge on any atom is 0.326 e. The summed E-state index contributed by atoms with van der Waals surface area (Å²) in [5.74, 6) is -5.47. The highest BCUT2D eigenvalue weighted by atomic mass is 16.4. The number of hydrogen-bond acceptors (Lipinski definition) is 8. The lowest BCUT2D eigenvalue weighted by molar-refractivity contribution is -0.143. The Balaban J connectivity index is 2.26. The molecule has 0 fully saturated rings. The standard InChI is InChI=1S/C24H28N4O9/c25-12-20(31)26-18(11-21(32)33)23(35)27-17(9-13-1-5-15(29)6-2-13)22(34)28-19(24(36)37)10-14-3-7-16(30)8-4-14/h1-8,17-19,29-30H,9-12,25H2,(H,26,31)(H,27,35)(H,28,34)(H,32,33)(H,36,37). The Labute approximate surface area is 211 Å². The van der Waals surface area contributed by atoms with Crippen LogP contribution >= 0.6 is 0 Å². The van der Waals surface area contributed by atoms with Crippen molar-refractivity contribution in [2.24, 2.45) is 5.73 Å². The SMILES string of the molecule is NCC(=O)NC(CC(=O)O)C(=O)NC(Cc1ccc(O)cc1)C(=O)NC(Cc1ccc(O)cc1)C(=O)O. The van der Waals surface area contributed by atoms with E-state index in [1.165, 1.54) is 48.5 Å². The number of aliphatic carboxylic acids is 2. The summed E-state index contributed by atoms with van der Waals surface area (Å²) in [4.78, 5) is 60.7. The van der Waals surface area contributed by atoms with Gasteiger partial charge in [0.25, 0.3) is 0 Å². The Morgan fingerprint density at radius 2 is 1.11 bits per heavy atom. The number of carbonyl (C=O) groups excluding carboxylic acids is 3. The lowest BCUT2D eigenvalue weighted by atomic mass is 10.0. The van der Waals surface area contributed by atoms with Crippen LogP contribution in [0.1, 0.15) is 17.5 Å². The summed E-state index contributed by atoms with van der Waals surface area (Å²) in [7, 11) is 0. The summed E-state index contributed by atoms with van der Waals surface area (Å²) in [6.07, 6.45) is -1.06. The van der Waals surface area contributed by atoms with Crippen molar-refractivity contribution in [1.29, 1.82) is 0 Å². The van der Waals surface area contributed by atoms with Crippen molar-refractivity contribution in [2.45, 2.75) is 37.4 Å². The number of aromatic hydroxyl groups is 2. The normalized spacial score (nSPS) is 13.0. The predicted molar refractivity (Wildman–Crippen MR) is 128 cm³/mol. The van der Waals surface area contributed by atoms with E-state index in [0.717, 1.165) is 0 Å². The van der Waals surface area contributed by atoms with Gasteiger partial charge in [0.1, 0.15) is 29.6 Å². The van der Waals surface area contributed by atoms with E-state index in [0.29, 0.717) is 11.1 Å². The number of carboxylic acid groups (broad SMARTS) is 2. The Hall–Kier alpha value is -4.65. The molecule has 0 aliphatic carbocycles. The number of benzene rings is 2. The van der Waals surface area contributed by atoms with Crippen molar-refractivity contribution in [2.75, 3.05) is 6.54 Å². The molecule has 2 rings (SSSR count). The smallest absolute Gasteiger partial charge is 0.326 e. The zero-order valence-electron chi connectivity index (χ0n) is 19.6. The lowest BCUT2D eigenvalue weighted by Gasteiger charge is -2.24. The zero-order valence-corrected chi connectivity index (χ0v) is 19.6. The molecule has 0 radical (unpaired) electrons. The highest BCUT2D eigenvalue weighted by molar-refractivity contribution is 5.95. The fourth-order valence-corrected chi connectivity index (χ4v) is 3.33. The molecule has 13 heteroatoms. The van der Waals surface area contributed by atoms with Crippen LogP contribution in [0.25, 0.3) is 0 Å². The van der Waals surface area contributed by atoms with Gasteiger partial charge in [0.05, 0.1) is 13.0 Å². The molecule has 0 saturated carbocycles. The molecule has 2 aromatic carbocycles. The van der Waals surface area contributed by atoms with Gasteiger partial charge in [-0.2, -0.15) is 0 Å². The minimum Gasteiger partial charge on any atom is -0.508 e. The molecule has 3 amide bonds. The maximum absolute atomic E-state index is 13.1. The van der Waals surface area contributed by atoms with Gasteiger partial charge in [0.15, 0.2) is 0 Å². The molecule has 0 aromatic heterocycles. The van der Waals surface area contributed by atoms with Gasteiger partial charge in [-0.25, -0.2) is 4.79 Å². The van der Waals surface area contributed by atoms with Crippen LogP contribution in [-0.2, 0) is 36.8 Å². The van der Waals surface area contributed by atoms with Crippen molar-refractivity contribution in [3.63, 3.8) is 0 Å². The van der Waals surface area contributed by atoms with Crippen molar-refractivity contribution < 1.29 is 44.4 Å². The highest BCUT2D eigenvalue weighted by Crippen LogP contribution is 2.14. The molecule has 0 heterocycles. The largest absolute Gasteiger partial charge is 0.508 e. The van der Waals surface area contributed by atoms with Crippen molar-refractivity contribution >= 4 is 29.7 Å². The van der Waals surface area contributed by atoms with E-state index in [1.807, 2.05) is 0 Å².